The summed E-state index contributed by atoms with van der Waals surface area (Å²) in [7, 11) is 0. The molecule has 3 aliphatic rings. The Labute approximate surface area is 439 Å². The van der Waals surface area contributed by atoms with Gasteiger partial charge in [0.1, 0.15) is 73.2 Å². The zero-order valence-electron chi connectivity index (χ0n) is 44.0. The summed E-state index contributed by atoms with van der Waals surface area (Å²) in [6.07, 6.45) is 14.7. The van der Waals surface area contributed by atoms with E-state index in [0.717, 1.165) is 51.4 Å². The molecule has 3 heterocycles. The van der Waals surface area contributed by atoms with Crippen molar-refractivity contribution >= 4 is 5.91 Å². The van der Waals surface area contributed by atoms with Gasteiger partial charge in [0.05, 0.1) is 38.6 Å². The van der Waals surface area contributed by atoms with Crippen LogP contribution in [0.3, 0.4) is 0 Å². The van der Waals surface area contributed by atoms with Crippen LogP contribution < -0.4 is 5.32 Å². The fourth-order valence-electron chi connectivity index (χ4n) is 9.05. The minimum Gasteiger partial charge on any atom is -0.394 e. The molecule has 1 amide bonds. The highest BCUT2D eigenvalue weighted by Gasteiger charge is 2.53. The van der Waals surface area contributed by atoms with Crippen LogP contribution >= 0.6 is 0 Å². The fourth-order valence-corrected chi connectivity index (χ4v) is 9.05. The Balaban J connectivity index is 1.55. The minimum absolute atomic E-state index is 0.185. The van der Waals surface area contributed by atoms with Crippen LogP contribution in [0, 0.1) is 0 Å². The molecule has 0 aliphatic carbocycles. The van der Waals surface area contributed by atoms with Crippen molar-refractivity contribution in [3.63, 3.8) is 0 Å². The van der Waals surface area contributed by atoms with Gasteiger partial charge in [0, 0.05) is 6.42 Å². The molecule has 3 aliphatic heterocycles. The maximum Gasteiger partial charge on any atom is 0.220 e. The SMILES string of the molecule is CC/C=C\C/C=C\C/C=C\C/C=C\C/C=C\CCCC(=O)NC(COC1OC(CO)C(OC2OC(CO)C(OC3OC(CO)C(O)C(O)C3O)C(O)C2O)C(O)C1O)C(O)CCCCCCCCCCCCCC. The molecule has 19 heteroatoms. The van der Waals surface area contributed by atoms with E-state index in [9.17, 15) is 61.0 Å². The van der Waals surface area contributed by atoms with E-state index in [-0.39, 0.29) is 18.9 Å². The van der Waals surface area contributed by atoms with E-state index >= 15 is 0 Å². The van der Waals surface area contributed by atoms with Crippen LogP contribution in [0.2, 0.25) is 0 Å². The van der Waals surface area contributed by atoms with Crippen molar-refractivity contribution in [2.24, 2.45) is 0 Å². The van der Waals surface area contributed by atoms with Gasteiger partial charge in [-0.2, -0.15) is 0 Å². The number of allylic oxidation sites excluding steroid dienone is 10. The number of carbonyl (C=O) groups excluding carboxylic acids is 1. The van der Waals surface area contributed by atoms with Crippen molar-refractivity contribution in [2.75, 3.05) is 26.4 Å². The summed E-state index contributed by atoms with van der Waals surface area (Å²) < 4.78 is 34.2. The Hall–Kier alpha value is -2.51. The van der Waals surface area contributed by atoms with Gasteiger partial charge in [-0.05, 0) is 51.4 Å². The second-order valence-corrected chi connectivity index (χ2v) is 19.7. The molecule has 0 aromatic carbocycles. The summed E-state index contributed by atoms with van der Waals surface area (Å²) >= 11 is 0. The Morgan fingerprint density at radius 2 is 0.919 bits per heavy atom. The van der Waals surface area contributed by atoms with Gasteiger partial charge in [0.15, 0.2) is 18.9 Å². The van der Waals surface area contributed by atoms with Crippen LogP contribution in [-0.2, 0) is 33.2 Å². The number of aliphatic hydroxyl groups is 11. The fraction of sp³-hybridized carbons (Fsp3) is 0.800. The summed E-state index contributed by atoms with van der Waals surface area (Å²) in [6.45, 7) is 1.58. The van der Waals surface area contributed by atoms with Gasteiger partial charge in [-0.25, -0.2) is 0 Å². The normalized spacial score (nSPS) is 31.9. The van der Waals surface area contributed by atoms with E-state index in [2.05, 4.69) is 73.8 Å². The molecule has 12 N–H and O–H groups in total. The third-order valence-corrected chi connectivity index (χ3v) is 13.6. The first kappa shape index (κ1) is 65.8. The summed E-state index contributed by atoms with van der Waals surface area (Å²) in [4.78, 5) is 13.3. The standard InChI is InChI=1S/C55H95NO18/c1-3-5-7-9-11-13-15-17-18-19-20-21-23-25-27-29-31-33-43(61)56-38(39(60)32-30-28-26-24-22-16-14-12-10-8-6-4-2)37-69-53-49(67)46(64)51(41(35-58)71-53)74-55-50(68)47(65)52(42(36-59)72-55)73-54-48(66)45(63)44(62)40(34-57)70-54/h5,7,11,13,17-18,20-21,25,27,38-42,44-55,57-60,62-68H,3-4,6,8-10,12,14-16,19,22-24,26,28-37H2,1-2H3,(H,56,61)/b7-5-,13-11-,18-17-,21-20-,27-25-. The number of hydrogen-bond acceptors (Lipinski definition) is 18. The summed E-state index contributed by atoms with van der Waals surface area (Å²) in [5.41, 5.74) is 0. The molecule has 3 rings (SSSR count). The number of rotatable bonds is 38. The van der Waals surface area contributed by atoms with Gasteiger partial charge in [-0.15, -0.1) is 0 Å². The number of aliphatic hydroxyl groups excluding tert-OH is 11. The second kappa shape index (κ2) is 38.9. The third kappa shape index (κ3) is 23.6. The lowest BCUT2D eigenvalue weighted by molar-refractivity contribution is -0.379. The maximum atomic E-state index is 13.3. The van der Waals surface area contributed by atoms with E-state index in [0.29, 0.717) is 25.7 Å². The van der Waals surface area contributed by atoms with E-state index in [1.807, 2.05) is 6.08 Å². The minimum atomic E-state index is -1.98. The molecular formula is C55H95NO18. The lowest BCUT2D eigenvalue weighted by atomic mass is 9.96. The molecule has 17 atom stereocenters. The number of ether oxygens (including phenoxy) is 6. The molecule has 0 radical (unpaired) electrons. The smallest absolute Gasteiger partial charge is 0.220 e. The molecule has 17 unspecified atom stereocenters. The highest BCUT2D eigenvalue weighted by atomic mass is 16.8. The lowest BCUT2D eigenvalue weighted by Crippen LogP contribution is -2.66. The van der Waals surface area contributed by atoms with Crippen molar-refractivity contribution in [3.8, 4) is 0 Å². The van der Waals surface area contributed by atoms with Gasteiger partial charge < -0.3 is 89.9 Å². The Kier molecular flexibility index (Phi) is 34.6. The molecule has 19 nitrogen and oxygen atoms in total. The van der Waals surface area contributed by atoms with Crippen molar-refractivity contribution in [2.45, 2.75) is 253 Å². The topological polar surface area (TPSA) is 307 Å². The van der Waals surface area contributed by atoms with Crippen LogP contribution in [0.25, 0.3) is 0 Å². The van der Waals surface area contributed by atoms with Gasteiger partial charge in [-0.1, -0.05) is 152 Å². The first-order valence-electron chi connectivity index (χ1n) is 27.5. The van der Waals surface area contributed by atoms with Crippen molar-refractivity contribution in [1.82, 2.24) is 5.32 Å². The number of nitrogens with one attached hydrogen (secondary N) is 1. The highest BCUT2D eigenvalue weighted by molar-refractivity contribution is 5.76. The molecule has 428 valence electrons. The molecular weight excluding hydrogens is 963 g/mol. The number of carbonyl (C=O) groups is 1. The maximum absolute atomic E-state index is 13.3. The zero-order chi connectivity index (χ0) is 54.1. The first-order chi connectivity index (χ1) is 35.8. The summed E-state index contributed by atoms with van der Waals surface area (Å²) in [6, 6.07) is -0.917. The highest BCUT2D eigenvalue weighted by Crippen LogP contribution is 2.33. The molecule has 0 aromatic heterocycles. The molecule has 0 spiro atoms. The molecule has 0 aromatic rings. The Bertz CT molecular complexity index is 1590. The molecule has 3 fully saturated rings. The monoisotopic (exact) mass is 1060 g/mol. The van der Waals surface area contributed by atoms with Gasteiger partial charge in [0.25, 0.3) is 0 Å². The van der Waals surface area contributed by atoms with E-state index in [4.69, 9.17) is 28.4 Å². The van der Waals surface area contributed by atoms with Crippen LogP contribution in [0.15, 0.2) is 60.8 Å². The number of unbranched alkanes of at least 4 members (excludes halogenated alkanes) is 12. The van der Waals surface area contributed by atoms with Crippen LogP contribution in [0.1, 0.15) is 149 Å². The quantitative estimate of drug-likeness (QED) is 0.0312. The van der Waals surface area contributed by atoms with Gasteiger partial charge >= 0.3 is 0 Å². The van der Waals surface area contributed by atoms with E-state index < -0.39 is 124 Å². The predicted molar refractivity (Wildman–Crippen MR) is 277 cm³/mol. The molecule has 0 bridgehead atoms. The largest absolute Gasteiger partial charge is 0.394 e. The summed E-state index contributed by atoms with van der Waals surface area (Å²) in [5, 5.41) is 120. The van der Waals surface area contributed by atoms with Crippen molar-refractivity contribution < 1.29 is 89.4 Å². The van der Waals surface area contributed by atoms with Crippen molar-refractivity contribution in [1.29, 1.82) is 0 Å². The average molecular weight is 1060 g/mol. The van der Waals surface area contributed by atoms with Crippen LogP contribution in [0.4, 0.5) is 0 Å². The third-order valence-electron chi connectivity index (χ3n) is 13.6. The van der Waals surface area contributed by atoms with E-state index in [1.165, 1.54) is 51.4 Å². The van der Waals surface area contributed by atoms with Crippen LogP contribution in [0.5, 0.6) is 0 Å². The average Bonchev–Trinajstić information content (AvgIpc) is 3.40. The molecule has 74 heavy (non-hydrogen) atoms. The lowest BCUT2D eigenvalue weighted by Gasteiger charge is -2.48. The number of amides is 1. The summed E-state index contributed by atoms with van der Waals surface area (Å²) in [5.74, 6) is -0.304. The zero-order valence-corrected chi connectivity index (χ0v) is 44.0. The second-order valence-electron chi connectivity index (χ2n) is 19.7. The Morgan fingerprint density at radius 1 is 0.500 bits per heavy atom. The predicted octanol–water partition coefficient (Wildman–Crippen LogP) is 3.31. The molecule has 0 saturated carbocycles. The van der Waals surface area contributed by atoms with Crippen molar-refractivity contribution in [3.05, 3.63) is 60.8 Å². The molecule has 3 saturated heterocycles. The van der Waals surface area contributed by atoms with E-state index in [1.54, 1.807) is 0 Å². The number of hydrogen-bond donors (Lipinski definition) is 12. The van der Waals surface area contributed by atoms with Crippen LogP contribution in [-0.4, -0.2) is 193 Å². The Morgan fingerprint density at radius 3 is 1.41 bits per heavy atom. The van der Waals surface area contributed by atoms with Gasteiger partial charge in [0.2, 0.25) is 5.91 Å². The first-order valence-corrected chi connectivity index (χ1v) is 27.5. The van der Waals surface area contributed by atoms with Gasteiger partial charge in [-0.3, -0.25) is 4.79 Å².